The molecule has 3 nitrogen and oxygen atoms in total. The van der Waals surface area contributed by atoms with E-state index in [-0.39, 0.29) is 5.91 Å². The van der Waals surface area contributed by atoms with E-state index in [2.05, 4.69) is 5.32 Å². The van der Waals surface area contributed by atoms with Crippen molar-refractivity contribution >= 4 is 23.2 Å². The molecular weight excluding hydrogens is 236 g/mol. The zero-order chi connectivity index (χ0) is 12.0. The molecule has 1 fully saturated rings. The molecule has 0 radical (unpaired) electrons. The molecule has 4 heteroatoms. The van der Waals surface area contributed by atoms with E-state index in [0.717, 1.165) is 24.5 Å². The number of piperidine rings is 1. The topological polar surface area (TPSA) is 32.3 Å². The zero-order valence-corrected chi connectivity index (χ0v) is 10.5. The summed E-state index contributed by atoms with van der Waals surface area (Å²) in [6, 6.07) is 6.43. The Kier molecular flexibility index (Phi) is 2.51. The molecule has 17 heavy (non-hydrogen) atoms. The number of likely N-dealkylation sites (tertiary alicyclic amines) is 1. The third-order valence-corrected chi connectivity index (χ3v) is 4.05. The number of nitrogens with one attached hydrogen (secondary N) is 1. The molecule has 2 atom stereocenters. The van der Waals surface area contributed by atoms with Crippen molar-refractivity contribution in [3.63, 3.8) is 0 Å². The molecule has 0 saturated carbocycles. The van der Waals surface area contributed by atoms with Gasteiger partial charge in [0, 0.05) is 42.7 Å². The van der Waals surface area contributed by atoms with Gasteiger partial charge in [0.05, 0.1) is 0 Å². The molecule has 3 rings (SSSR count). The van der Waals surface area contributed by atoms with Crippen molar-refractivity contribution in [3.8, 4) is 0 Å². The summed E-state index contributed by atoms with van der Waals surface area (Å²) < 4.78 is 0. The van der Waals surface area contributed by atoms with Crippen LogP contribution in [0.5, 0.6) is 0 Å². The highest BCUT2D eigenvalue weighted by Crippen LogP contribution is 2.41. The van der Waals surface area contributed by atoms with Crippen molar-refractivity contribution in [2.24, 2.45) is 0 Å². The molecule has 2 aliphatic heterocycles. The molecule has 2 aliphatic rings. The van der Waals surface area contributed by atoms with Crippen LogP contribution >= 0.6 is 11.6 Å². The van der Waals surface area contributed by atoms with E-state index in [1.165, 1.54) is 11.3 Å². The Labute approximate surface area is 106 Å². The number of rotatable bonds is 0. The van der Waals surface area contributed by atoms with Crippen molar-refractivity contribution in [1.29, 1.82) is 0 Å². The molecule has 1 saturated heterocycles. The highest BCUT2D eigenvalue weighted by Gasteiger charge is 2.37. The average Bonchev–Trinajstić information content (AvgIpc) is 2.66. The maximum Gasteiger partial charge on any atom is 0.219 e. The Bertz CT molecular complexity index is 474. The van der Waals surface area contributed by atoms with Gasteiger partial charge in [-0.05, 0) is 30.2 Å². The van der Waals surface area contributed by atoms with Crippen LogP contribution in [-0.2, 0) is 4.79 Å². The van der Waals surface area contributed by atoms with Crippen LogP contribution in [0.25, 0.3) is 0 Å². The van der Waals surface area contributed by atoms with E-state index in [1.54, 1.807) is 6.92 Å². The van der Waals surface area contributed by atoms with Gasteiger partial charge in [-0.15, -0.1) is 0 Å². The summed E-state index contributed by atoms with van der Waals surface area (Å²) in [6.45, 7) is 3.30. The predicted octanol–water partition coefficient (Wildman–Crippen LogP) is 2.47. The number of carbonyl (C=O) groups is 1. The van der Waals surface area contributed by atoms with Gasteiger partial charge in [-0.2, -0.15) is 0 Å². The summed E-state index contributed by atoms with van der Waals surface area (Å²) >= 11 is 6.05. The number of halogens is 1. The van der Waals surface area contributed by atoms with Crippen LogP contribution in [0, 0.1) is 0 Å². The first-order valence-electron chi connectivity index (χ1n) is 5.96. The summed E-state index contributed by atoms with van der Waals surface area (Å²) in [5, 5.41) is 4.30. The van der Waals surface area contributed by atoms with Crippen molar-refractivity contribution in [2.45, 2.75) is 25.3 Å². The van der Waals surface area contributed by atoms with Crippen LogP contribution in [0.15, 0.2) is 18.2 Å². The molecule has 0 aromatic heterocycles. The number of amides is 1. The predicted molar refractivity (Wildman–Crippen MR) is 68.5 cm³/mol. The number of carbonyl (C=O) groups excluding carboxylic acids is 1. The average molecular weight is 251 g/mol. The number of fused-ring (bicyclic) bond motifs is 3. The van der Waals surface area contributed by atoms with Gasteiger partial charge in [0.15, 0.2) is 0 Å². The highest BCUT2D eigenvalue weighted by molar-refractivity contribution is 6.30. The Morgan fingerprint density at radius 1 is 1.53 bits per heavy atom. The summed E-state index contributed by atoms with van der Waals surface area (Å²) in [4.78, 5) is 13.4. The van der Waals surface area contributed by atoms with Gasteiger partial charge in [-0.25, -0.2) is 0 Å². The lowest BCUT2D eigenvalue weighted by molar-refractivity contribution is -0.130. The van der Waals surface area contributed by atoms with Crippen molar-refractivity contribution in [2.75, 3.05) is 18.4 Å². The lowest BCUT2D eigenvalue weighted by Gasteiger charge is -2.34. The van der Waals surface area contributed by atoms with Crippen LogP contribution in [0.3, 0.4) is 0 Å². The van der Waals surface area contributed by atoms with E-state index in [0.29, 0.717) is 12.0 Å². The minimum Gasteiger partial charge on any atom is -0.381 e. The summed E-state index contributed by atoms with van der Waals surface area (Å²) in [7, 11) is 0. The first-order valence-corrected chi connectivity index (χ1v) is 6.34. The standard InChI is InChI=1S/C13H15ClN2O/c1-8(17)16-5-4-13-11(7-16)10-6-9(14)2-3-12(10)15-13/h2-3,6,11,13,15H,4-5,7H2,1H3. The van der Waals surface area contributed by atoms with Gasteiger partial charge in [-0.3, -0.25) is 4.79 Å². The maximum atomic E-state index is 11.4. The third kappa shape index (κ3) is 1.78. The lowest BCUT2D eigenvalue weighted by atomic mass is 9.89. The second kappa shape index (κ2) is 3.91. The number of nitrogens with zero attached hydrogens (tertiary/aromatic N) is 1. The monoisotopic (exact) mass is 250 g/mol. The highest BCUT2D eigenvalue weighted by atomic mass is 35.5. The van der Waals surface area contributed by atoms with Gasteiger partial charge in [0.2, 0.25) is 5.91 Å². The SMILES string of the molecule is CC(=O)N1CCC2Nc3ccc(Cl)cc3C2C1. The molecule has 2 unspecified atom stereocenters. The minimum atomic E-state index is 0.166. The van der Waals surface area contributed by atoms with Gasteiger partial charge in [-0.1, -0.05) is 11.6 Å². The van der Waals surface area contributed by atoms with Gasteiger partial charge in [0.25, 0.3) is 0 Å². The van der Waals surface area contributed by atoms with E-state index in [4.69, 9.17) is 11.6 Å². The molecule has 90 valence electrons. The Morgan fingerprint density at radius 3 is 3.12 bits per heavy atom. The Balaban J connectivity index is 1.92. The number of hydrogen-bond donors (Lipinski definition) is 1. The van der Waals surface area contributed by atoms with Crippen molar-refractivity contribution in [3.05, 3.63) is 28.8 Å². The molecule has 2 heterocycles. The summed E-state index contributed by atoms with van der Waals surface area (Å²) in [6.07, 6.45) is 1.01. The summed E-state index contributed by atoms with van der Waals surface area (Å²) in [5.41, 5.74) is 2.43. The maximum absolute atomic E-state index is 11.4. The first-order chi connectivity index (χ1) is 8.15. The second-order valence-corrected chi connectivity index (χ2v) is 5.28. The minimum absolute atomic E-state index is 0.166. The molecule has 1 aromatic carbocycles. The molecular formula is C13H15ClN2O. The van der Waals surface area contributed by atoms with E-state index < -0.39 is 0 Å². The smallest absolute Gasteiger partial charge is 0.219 e. The lowest BCUT2D eigenvalue weighted by Crippen LogP contribution is -2.44. The van der Waals surface area contributed by atoms with E-state index >= 15 is 0 Å². The van der Waals surface area contributed by atoms with Crippen LogP contribution < -0.4 is 5.32 Å². The zero-order valence-electron chi connectivity index (χ0n) is 9.74. The van der Waals surface area contributed by atoms with E-state index in [9.17, 15) is 4.79 Å². The van der Waals surface area contributed by atoms with Crippen LogP contribution in [0.4, 0.5) is 5.69 Å². The van der Waals surface area contributed by atoms with Crippen molar-refractivity contribution in [1.82, 2.24) is 4.90 Å². The van der Waals surface area contributed by atoms with Crippen LogP contribution in [-0.4, -0.2) is 29.9 Å². The Hall–Kier alpha value is -1.22. The van der Waals surface area contributed by atoms with Gasteiger partial charge < -0.3 is 10.2 Å². The molecule has 1 aromatic rings. The second-order valence-electron chi connectivity index (χ2n) is 4.84. The number of benzene rings is 1. The van der Waals surface area contributed by atoms with Gasteiger partial charge in [0.1, 0.15) is 0 Å². The third-order valence-electron chi connectivity index (χ3n) is 3.81. The normalized spacial score (nSPS) is 26.1. The van der Waals surface area contributed by atoms with Crippen LogP contribution in [0.2, 0.25) is 5.02 Å². The fourth-order valence-corrected chi connectivity index (χ4v) is 3.08. The Morgan fingerprint density at radius 2 is 2.35 bits per heavy atom. The van der Waals surface area contributed by atoms with Crippen molar-refractivity contribution < 1.29 is 4.79 Å². The first kappa shape index (κ1) is 10.9. The van der Waals surface area contributed by atoms with E-state index in [1.807, 2.05) is 23.1 Å². The molecule has 0 spiro atoms. The summed E-state index contributed by atoms with van der Waals surface area (Å²) in [5.74, 6) is 0.556. The number of hydrogen-bond acceptors (Lipinski definition) is 2. The molecule has 1 N–H and O–H groups in total. The van der Waals surface area contributed by atoms with Crippen LogP contribution in [0.1, 0.15) is 24.8 Å². The fourth-order valence-electron chi connectivity index (χ4n) is 2.90. The molecule has 0 bridgehead atoms. The fraction of sp³-hybridized carbons (Fsp3) is 0.462. The largest absolute Gasteiger partial charge is 0.381 e. The molecule has 1 amide bonds. The van der Waals surface area contributed by atoms with Gasteiger partial charge >= 0.3 is 0 Å². The quantitative estimate of drug-likeness (QED) is 0.767. The number of anilines is 1. The molecule has 0 aliphatic carbocycles.